The van der Waals surface area contributed by atoms with Crippen LogP contribution in [0.5, 0.6) is 0 Å². The first-order valence-electron chi connectivity index (χ1n) is 13.2. The molecular weight excluding hydrogens is 450 g/mol. The van der Waals surface area contributed by atoms with Gasteiger partial charge >= 0.3 is 0 Å². The van der Waals surface area contributed by atoms with Gasteiger partial charge in [-0.05, 0) is 92.7 Å². The smallest absolute Gasteiger partial charge is 0.183 e. The Balaban J connectivity index is 1.46. The average molecular weight is 484 g/mol. The van der Waals surface area contributed by atoms with Gasteiger partial charge in [0.25, 0.3) is 0 Å². The van der Waals surface area contributed by atoms with E-state index in [4.69, 9.17) is 25.5 Å². The second kappa shape index (κ2) is 9.64. The molecule has 0 radical (unpaired) electrons. The van der Waals surface area contributed by atoms with Gasteiger partial charge in [-0.15, -0.1) is 5.10 Å². The topological polar surface area (TPSA) is 106 Å². The lowest BCUT2D eigenvalue weighted by Crippen LogP contribution is -2.27. The molecule has 2 aliphatic heterocycles. The van der Waals surface area contributed by atoms with Crippen LogP contribution in [0.4, 0.5) is 11.5 Å². The number of nitriles is 1. The molecule has 186 valence electrons. The molecule has 1 aromatic carbocycles. The Morgan fingerprint density at radius 3 is 2.89 bits per heavy atom. The van der Waals surface area contributed by atoms with E-state index in [0.29, 0.717) is 17.4 Å². The van der Waals surface area contributed by atoms with Crippen molar-refractivity contribution in [3.63, 3.8) is 0 Å². The Bertz CT molecular complexity index is 1350. The quantitative estimate of drug-likeness (QED) is 0.545. The maximum atomic E-state index is 9.44. The normalized spacial score (nSPS) is 24.3. The SMILES string of the molecule is C[C@H]1CCN(c2nn(C3CCCCO3)c3nc(C4=CCC(CN)CC4)cnc23)c2ccc(C#N)cc21. The number of hydrogen-bond donors (Lipinski definition) is 1. The van der Waals surface area contributed by atoms with Crippen molar-refractivity contribution in [2.75, 3.05) is 24.6 Å². The van der Waals surface area contributed by atoms with E-state index in [2.05, 4.69) is 24.0 Å². The van der Waals surface area contributed by atoms with Gasteiger partial charge in [0.1, 0.15) is 0 Å². The van der Waals surface area contributed by atoms with Crippen LogP contribution in [0.2, 0.25) is 0 Å². The third-order valence-electron chi connectivity index (χ3n) is 8.02. The Morgan fingerprint density at radius 2 is 2.14 bits per heavy atom. The largest absolute Gasteiger partial charge is 0.356 e. The van der Waals surface area contributed by atoms with Gasteiger partial charge in [-0.1, -0.05) is 13.0 Å². The van der Waals surface area contributed by atoms with E-state index in [-0.39, 0.29) is 6.23 Å². The number of fused-ring (bicyclic) bond motifs is 2. The highest BCUT2D eigenvalue weighted by atomic mass is 16.5. The molecule has 1 fully saturated rings. The second-order valence-electron chi connectivity index (χ2n) is 10.3. The first kappa shape index (κ1) is 23.1. The Labute approximate surface area is 211 Å². The van der Waals surface area contributed by atoms with Gasteiger partial charge < -0.3 is 15.4 Å². The maximum absolute atomic E-state index is 9.44. The average Bonchev–Trinajstić information content (AvgIpc) is 3.32. The fraction of sp³-hybridized carbons (Fsp3) is 0.500. The van der Waals surface area contributed by atoms with Gasteiger partial charge in [-0.2, -0.15) is 5.26 Å². The van der Waals surface area contributed by atoms with Crippen molar-refractivity contribution in [1.82, 2.24) is 19.7 Å². The van der Waals surface area contributed by atoms with Crippen molar-refractivity contribution in [2.24, 2.45) is 11.7 Å². The Kier molecular flexibility index (Phi) is 6.20. The van der Waals surface area contributed by atoms with Crippen molar-refractivity contribution < 1.29 is 4.74 Å². The van der Waals surface area contributed by atoms with Crippen molar-refractivity contribution >= 4 is 28.2 Å². The van der Waals surface area contributed by atoms with Crippen molar-refractivity contribution in [3.8, 4) is 6.07 Å². The molecule has 0 spiro atoms. The summed E-state index contributed by atoms with van der Waals surface area (Å²) in [5.74, 6) is 1.76. The van der Waals surface area contributed by atoms with E-state index in [1.807, 2.05) is 29.1 Å². The molecule has 1 saturated heterocycles. The molecule has 2 unspecified atom stereocenters. The number of rotatable bonds is 4. The number of benzene rings is 1. The minimum absolute atomic E-state index is 0.134. The van der Waals surface area contributed by atoms with Crippen LogP contribution in [0, 0.1) is 17.2 Å². The zero-order valence-corrected chi connectivity index (χ0v) is 20.9. The molecule has 4 heterocycles. The number of ether oxygens (including phenoxy) is 1. The molecule has 36 heavy (non-hydrogen) atoms. The molecule has 8 heteroatoms. The second-order valence-corrected chi connectivity index (χ2v) is 10.3. The minimum atomic E-state index is -0.134. The van der Waals surface area contributed by atoms with Crippen LogP contribution in [0.1, 0.15) is 80.8 Å². The summed E-state index contributed by atoms with van der Waals surface area (Å²) in [7, 11) is 0. The van der Waals surface area contributed by atoms with E-state index in [0.717, 1.165) is 93.0 Å². The number of nitrogens with zero attached hydrogens (tertiary/aromatic N) is 6. The van der Waals surface area contributed by atoms with E-state index < -0.39 is 0 Å². The number of aromatic nitrogens is 4. The summed E-state index contributed by atoms with van der Waals surface area (Å²) in [6, 6.07) is 8.24. The predicted octanol–water partition coefficient (Wildman–Crippen LogP) is 5.18. The molecule has 8 nitrogen and oxygen atoms in total. The van der Waals surface area contributed by atoms with E-state index in [1.54, 1.807) is 0 Å². The zero-order chi connectivity index (χ0) is 24.6. The highest BCUT2D eigenvalue weighted by molar-refractivity contribution is 5.88. The molecular formula is C28H33N7O. The number of nitrogens with two attached hydrogens (primary N) is 1. The molecule has 6 rings (SSSR count). The van der Waals surface area contributed by atoms with Gasteiger partial charge in [0, 0.05) is 18.8 Å². The molecule has 3 aromatic rings. The third-order valence-corrected chi connectivity index (χ3v) is 8.02. The van der Waals surface area contributed by atoms with Crippen LogP contribution >= 0.6 is 0 Å². The zero-order valence-electron chi connectivity index (χ0n) is 20.9. The summed E-state index contributed by atoms with van der Waals surface area (Å²) in [6.07, 6.45) is 11.2. The van der Waals surface area contributed by atoms with E-state index >= 15 is 0 Å². The van der Waals surface area contributed by atoms with Gasteiger partial charge in [0.15, 0.2) is 23.2 Å². The van der Waals surface area contributed by atoms with Crippen LogP contribution in [0.3, 0.4) is 0 Å². The van der Waals surface area contributed by atoms with Crippen LogP contribution < -0.4 is 10.6 Å². The van der Waals surface area contributed by atoms with Gasteiger partial charge in [0.2, 0.25) is 0 Å². The summed E-state index contributed by atoms with van der Waals surface area (Å²) < 4.78 is 8.12. The molecule has 2 aromatic heterocycles. The van der Waals surface area contributed by atoms with Crippen molar-refractivity contribution in [1.29, 1.82) is 5.26 Å². The third kappa shape index (κ3) is 4.06. The first-order chi connectivity index (χ1) is 17.7. The molecule has 3 aliphatic rings. The number of allylic oxidation sites excluding steroid dienone is 2. The summed E-state index contributed by atoms with van der Waals surface area (Å²) >= 11 is 0. The molecule has 0 bridgehead atoms. The summed E-state index contributed by atoms with van der Waals surface area (Å²) in [5, 5.41) is 14.5. The monoisotopic (exact) mass is 483 g/mol. The van der Waals surface area contributed by atoms with Crippen LogP contribution in [-0.2, 0) is 4.74 Å². The molecule has 2 N–H and O–H groups in total. The van der Waals surface area contributed by atoms with Crippen LogP contribution in [0.15, 0.2) is 30.5 Å². The molecule has 3 atom stereocenters. The molecule has 1 aliphatic carbocycles. The van der Waals surface area contributed by atoms with Crippen molar-refractivity contribution in [2.45, 2.75) is 64.0 Å². The fourth-order valence-corrected chi connectivity index (χ4v) is 5.77. The van der Waals surface area contributed by atoms with Gasteiger partial charge in [-0.3, -0.25) is 0 Å². The highest BCUT2D eigenvalue weighted by Crippen LogP contribution is 2.42. The summed E-state index contributed by atoms with van der Waals surface area (Å²) in [6.45, 7) is 4.53. The first-order valence-corrected chi connectivity index (χ1v) is 13.2. The van der Waals surface area contributed by atoms with Crippen LogP contribution in [-0.4, -0.2) is 39.4 Å². The Hall–Kier alpha value is -3.28. The predicted molar refractivity (Wildman–Crippen MR) is 140 cm³/mol. The summed E-state index contributed by atoms with van der Waals surface area (Å²) in [4.78, 5) is 12.3. The highest BCUT2D eigenvalue weighted by Gasteiger charge is 2.30. The van der Waals surface area contributed by atoms with Gasteiger partial charge in [-0.25, -0.2) is 14.6 Å². The lowest BCUT2D eigenvalue weighted by Gasteiger charge is -2.33. The van der Waals surface area contributed by atoms with E-state index in [1.165, 1.54) is 11.1 Å². The standard InChI is InChI=1S/C28H33N7O/c1-18-11-12-34(24-10-7-20(16-30)14-22(18)24)28-26-27(35(33-28)25-4-2-3-13-36-25)32-23(17-31-26)21-8-5-19(15-29)6-9-21/h7-8,10,14,17-19,25H,2-6,9,11-13,15,29H2,1H3/t18-,19?,25?/m0/s1. The lowest BCUT2D eigenvalue weighted by molar-refractivity contribution is -0.0369. The molecule has 0 saturated carbocycles. The maximum Gasteiger partial charge on any atom is 0.183 e. The molecule has 0 amide bonds. The lowest BCUT2D eigenvalue weighted by atomic mass is 9.88. The van der Waals surface area contributed by atoms with E-state index in [9.17, 15) is 5.26 Å². The Morgan fingerprint density at radius 1 is 1.22 bits per heavy atom. The fourth-order valence-electron chi connectivity index (χ4n) is 5.77. The summed E-state index contributed by atoms with van der Waals surface area (Å²) in [5.41, 5.74) is 12.6. The van der Waals surface area contributed by atoms with Crippen LogP contribution in [0.25, 0.3) is 16.7 Å². The number of hydrogen-bond acceptors (Lipinski definition) is 7. The van der Waals surface area contributed by atoms with Crippen molar-refractivity contribution in [3.05, 3.63) is 47.3 Å². The number of anilines is 2. The van der Waals surface area contributed by atoms with Gasteiger partial charge in [0.05, 0.1) is 23.5 Å². The minimum Gasteiger partial charge on any atom is -0.356 e.